The number of hydrogen-bond donors (Lipinski definition) is 1. The highest BCUT2D eigenvalue weighted by molar-refractivity contribution is 9.13. The molecule has 1 rings (SSSR count). The molecule has 19 heavy (non-hydrogen) atoms. The first-order valence-electron chi connectivity index (χ1n) is 6.42. The van der Waals surface area contributed by atoms with Crippen LogP contribution in [-0.4, -0.2) is 37.7 Å². The topological polar surface area (TPSA) is 38.5 Å². The molecule has 0 radical (unpaired) electrons. The van der Waals surface area contributed by atoms with Crippen LogP contribution in [0.3, 0.4) is 0 Å². The lowest BCUT2D eigenvalue weighted by Crippen LogP contribution is -2.33. The summed E-state index contributed by atoms with van der Waals surface area (Å²) in [5.41, 5.74) is 7.13. The molecule has 5 heteroatoms. The first-order valence-corrected chi connectivity index (χ1v) is 8.01. The number of halogens is 2. The first-order chi connectivity index (χ1) is 8.95. The minimum Gasteiger partial charge on any atom is -0.377 e. The fourth-order valence-electron chi connectivity index (χ4n) is 1.88. The lowest BCUT2D eigenvalue weighted by atomic mass is 10.1. The van der Waals surface area contributed by atoms with Crippen molar-refractivity contribution in [1.82, 2.24) is 4.90 Å². The molecule has 1 aromatic carbocycles. The number of ether oxygens (including phenoxy) is 1. The Bertz CT molecular complexity index is 399. The quantitative estimate of drug-likeness (QED) is 0.769. The SMILES string of the molecule is CC(C)OCCN(C)C(CN)c1ccc(Br)c(Br)c1. The number of rotatable bonds is 7. The molecule has 0 saturated heterocycles. The second kappa shape index (κ2) is 8.37. The van der Waals surface area contributed by atoms with Crippen molar-refractivity contribution in [1.29, 1.82) is 0 Å². The molecule has 1 unspecified atom stereocenters. The zero-order valence-corrected chi connectivity index (χ0v) is 14.9. The maximum atomic E-state index is 5.92. The van der Waals surface area contributed by atoms with Crippen molar-refractivity contribution in [2.24, 2.45) is 5.73 Å². The van der Waals surface area contributed by atoms with Gasteiger partial charge in [0.15, 0.2) is 0 Å². The van der Waals surface area contributed by atoms with Gasteiger partial charge in [0.05, 0.1) is 12.7 Å². The molecule has 2 N–H and O–H groups in total. The zero-order valence-electron chi connectivity index (χ0n) is 11.7. The molecule has 0 fully saturated rings. The van der Waals surface area contributed by atoms with E-state index in [0.717, 1.165) is 22.1 Å². The van der Waals surface area contributed by atoms with Gasteiger partial charge in [-0.05, 0) is 70.5 Å². The van der Waals surface area contributed by atoms with Crippen LogP contribution >= 0.6 is 31.9 Å². The van der Waals surface area contributed by atoms with E-state index in [1.807, 2.05) is 19.9 Å². The smallest absolute Gasteiger partial charge is 0.0597 e. The normalized spacial score (nSPS) is 13.3. The van der Waals surface area contributed by atoms with Crippen molar-refractivity contribution in [3.8, 4) is 0 Å². The van der Waals surface area contributed by atoms with Gasteiger partial charge in [0.25, 0.3) is 0 Å². The monoisotopic (exact) mass is 392 g/mol. The summed E-state index contributed by atoms with van der Waals surface area (Å²) < 4.78 is 7.69. The summed E-state index contributed by atoms with van der Waals surface area (Å²) in [5.74, 6) is 0. The molecule has 0 aromatic heterocycles. The van der Waals surface area contributed by atoms with Crippen LogP contribution in [0.5, 0.6) is 0 Å². The molecular formula is C14H22Br2N2O. The lowest BCUT2D eigenvalue weighted by molar-refractivity contribution is 0.0564. The van der Waals surface area contributed by atoms with Crippen LogP contribution in [-0.2, 0) is 4.74 Å². The van der Waals surface area contributed by atoms with Gasteiger partial charge in [-0.15, -0.1) is 0 Å². The third-order valence-corrected chi connectivity index (χ3v) is 4.86. The van der Waals surface area contributed by atoms with Crippen molar-refractivity contribution in [3.63, 3.8) is 0 Å². The van der Waals surface area contributed by atoms with Gasteiger partial charge in [0.1, 0.15) is 0 Å². The predicted molar refractivity (Wildman–Crippen MR) is 87.4 cm³/mol. The number of nitrogens with zero attached hydrogens (tertiary/aromatic N) is 1. The van der Waals surface area contributed by atoms with Crippen molar-refractivity contribution < 1.29 is 4.74 Å². The Morgan fingerprint density at radius 1 is 1.26 bits per heavy atom. The summed E-state index contributed by atoms with van der Waals surface area (Å²) in [6.07, 6.45) is 0.270. The highest BCUT2D eigenvalue weighted by Gasteiger charge is 2.16. The van der Waals surface area contributed by atoms with Gasteiger partial charge in [-0.25, -0.2) is 0 Å². The lowest BCUT2D eigenvalue weighted by Gasteiger charge is -2.27. The van der Waals surface area contributed by atoms with E-state index in [0.29, 0.717) is 6.54 Å². The van der Waals surface area contributed by atoms with Gasteiger partial charge in [0.2, 0.25) is 0 Å². The fourth-order valence-corrected chi connectivity index (χ4v) is 2.52. The number of hydrogen-bond acceptors (Lipinski definition) is 3. The molecule has 0 heterocycles. The van der Waals surface area contributed by atoms with E-state index in [1.54, 1.807) is 0 Å². The van der Waals surface area contributed by atoms with Gasteiger partial charge in [-0.1, -0.05) is 6.07 Å². The Morgan fingerprint density at radius 2 is 1.95 bits per heavy atom. The van der Waals surface area contributed by atoms with E-state index in [4.69, 9.17) is 10.5 Å². The Labute approximate surface area is 132 Å². The molecule has 3 nitrogen and oxygen atoms in total. The maximum Gasteiger partial charge on any atom is 0.0597 e. The minimum atomic E-state index is 0.208. The first kappa shape index (κ1) is 17.1. The molecule has 1 aromatic rings. The summed E-state index contributed by atoms with van der Waals surface area (Å²) >= 11 is 7.02. The second-order valence-corrected chi connectivity index (χ2v) is 6.53. The van der Waals surface area contributed by atoms with Crippen LogP contribution in [0.2, 0.25) is 0 Å². The zero-order chi connectivity index (χ0) is 14.4. The Hall–Kier alpha value is 0.0600. The van der Waals surface area contributed by atoms with E-state index in [2.05, 4.69) is 55.9 Å². The third kappa shape index (κ3) is 5.52. The summed E-state index contributed by atoms with van der Waals surface area (Å²) in [5, 5.41) is 0. The van der Waals surface area contributed by atoms with Crippen LogP contribution in [0.4, 0.5) is 0 Å². The fraction of sp³-hybridized carbons (Fsp3) is 0.571. The Kier molecular flexibility index (Phi) is 7.54. The maximum absolute atomic E-state index is 5.92. The van der Waals surface area contributed by atoms with Crippen LogP contribution < -0.4 is 5.73 Å². The number of nitrogens with two attached hydrogens (primary N) is 1. The van der Waals surface area contributed by atoms with E-state index < -0.39 is 0 Å². The Morgan fingerprint density at radius 3 is 2.47 bits per heavy atom. The van der Waals surface area contributed by atoms with Crippen LogP contribution in [0, 0.1) is 0 Å². The molecule has 0 spiro atoms. The number of benzene rings is 1. The van der Waals surface area contributed by atoms with Crippen molar-refractivity contribution >= 4 is 31.9 Å². The molecule has 0 amide bonds. The van der Waals surface area contributed by atoms with Gasteiger partial charge >= 0.3 is 0 Å². The Balaban J connectivity index is 2.67. The van der Waals surface area contributed by atoms with E-state index in [1.165, 1.54) is 5.56 Å². The van der Waals surface area contributed by atoms with E-state index in [-0.39, 0.29) is 12.1 Å². The molecule has 1 atom stereocenters. The second-order valence-electron chi connectivity index (χ2n) is 4.83. The van der Waals surface area contributed by atoms with Gasteiger partial charge in [0, 0.05) is 28.1 Å². The van der Waals surface area contributed by atoms with E-state index in [9.17, 15) is 0 Å². The highest BCUT2D eigenvalue weighted by atomic mass is 79.9. The molecule has 0 saturated carbocycles. The van der Waals surface area contributed by atoms with Gasteiger partial charge in [-0.3, -0.25) is 4.90 Å². The molecule has 0 aliphatic heterocycles. The molecule has 0 aliphatic rings. The highest BCUT2D eigenvalue weighted by Crippen LogP contribution is 2.28. The summed E-state index contributed by atoms with van der Waals surface area (Å²) in [6, 6.07) is 6.47. The largest absolute Gasteiger partial charge is 0.377 e. The molecule has 0 aliphatic carbocycles. The summed E-state index contributed by atoms with van der Waals surface area (Å²) in [7, 11) is 2.08. The van der Waals surface area contributed by atoms with Crippen molar-refractivity contribution in [3.05, 3.63) is 32.7 Å². The summed E-state index contributed by atoms with van der Waals surface area (Å²) in [4.78, 5) is 2.23. The van der Waals surface area contributed by atoms with Crippen LogP contribution in [0.15, 0.2) is 27.1 Å². The van der Waals surface area contributed by atoms with E-state index >= 15 is 0 Å². The standard InChI is InChI=1S/C14H22Br2N2O/c1-10(2)19-7-6-18(3)14(9-17)11-4-5-12(15)13(16)8-11/h4-5,8,10,14H,6-7,9,17H2,1-3H3. The predicted octanol–water partition coefficient (Wildman–Crippen LogP) is 3.57. The molecule has 0 bridgehead atoms. The van der Waals surface area contributed by atoms with Gasteiger partial charge in [-0.2, -0.15) is 0 Å². The van der Waals surface area contributed by atoms with Gasteiger partial charge < -0.3 is 10.5 Å². The molecule has 108 valence electrons. The van der Waals surface area contributed by atoms with Crippen LogP contribution in [0.1, 0.15) is 25.5 Å². The molecular weight excluding hydrogens is 372 g/mol. The number of likely N-dealkylation sites (N-methyl/N-ethyl adjacent to an activating group) is 1. The average Bonchev–Trinajstić information content (AvgIpc) is 2.34. The minimum absolute atomic E-state index is 0.208. The average molecular weight is 394 g/mol. The van der Waals surface area contributed by atoms with Crippen LogP contribution in [0.25, 0.3) is 0 Å². The van der Waals surface area contributed by atoms with Crippen molar-refractivity contribution in [2.75, 3.05) is 26.7 Å². The third-order valence-electron chi connectivity index (χ3n) is 2.98. The van der Waals surface area contributed by atoms with Crippen molar-refractivity contribution in [2.45, 2.75) is 26.0 Å². The summed E-state index contributed by atoms with van der Waals surface area (Å²) in [6.45, 7) is 6.28.